The van der Waals surface area contributed by atoms with Gasteiger partial charge in [-0.1, -0.05) is 12.1 Å². The molecule has 1 aliphatic heterocycles. The van der Waals surface area contributed by atoms with Gasteiger partial charge in [0.05, 0.1) is 17.5 Å². The van der Waals surface area contributed by atoms with Crippen molar-refractivity contribution in [3.05, 3.63) is 39.9 Å². The summed E-state index contributed by atoms with van der Waals surface area (Å²) in [5.41, 5.74) is 0.269. The summed E-state index contributed by atoms with van der Waals surface area (Å²) in [5, 5.41) is 13.6. The number of alkyl halides is 2. The maximum absolute atomic E-state index is 12.6. The summed E-state index contributed by atoms with van der Waals surface area (Å²) in [5.74, 6) is -0.443. The van der Waals surface area contributed by atoms with Crippen LogP contribution in [0.25, 0.3) is 0 Å². The lowest BCUT2D eigenvalue weighted by Crippen LogP contribution is -2.34. The predicted molar refractivity (Wildman–Crippen MR) is 66.2 cm³/mol. The van der Waals surface area contributed by atoms with Gasteiger partial charge in [-0.05, 0) is 12.5 Å². The van der Waals surface area contributed by atoms with Gasteiger partial charge in [0.1, 0.15) is 6.17 Å². The largest absolute Gasteiger partial charge is 0.316 e. The number of nitro groups is 1. The van der Waals surface area contributed by atoms with Crippen molar-refractivity contribution in [2.45, 2.75) is 25.6 Å². The van der Waals surface area contributed by atoms with Gasteiger partial charge in [-0.3, -0.25) is 20.2 Å². The minimum Gasteiger partial charge on any atom is -0.316 e. The zero-order valence-corrected chi connectivity index (χ0v) is 10.6. The Morgan fingerprint density at radius 3 is 2.80 bits per heavy atom. The molecule has 8 heteroatoms. The summed E-state index contributed by atoms with van der Waals surface area (Å²) in [6.45, 7) is 0.863. The first-order valence-electron chi connectivity index (χ1n) is 5.99. The third-order valence-electron chi connectivity index (χ3n) is 3.10. The fourth-order valence-corrected chi connectivity index (χ4v) is 2.20. The first kappa shape index (κ1) is 14.3. The Balaban J connectivity index is 2.32. The molecule has 1 heterocycles. The number of nitrogens with zero attached hydrogens (tertiary/aromatic N) is 2. The molecule has 1 fully saturated rings. The number of halogens is 2. The van der Waals surface area contributed by atoms with Gasteiger partial charge < -0.3 is 4.90 Å². The minimum absolute atomic E-state index is 0.145. The van der Waals surface area contributed by atoms with Gasteiger partial charge in [0.15, 0.2) is 0 Å². The Kier molecular flexibility index (Phi) is 3.93. The molecular formula is C12H13F2N3O3. The molecule has 0 bridgehead atoms. The Bertz CT molecular complexity index is 538. The topological polar surface area (TPSA) is 75.5 Å². The molecule has 6 nitrogen and oxygen atoms in total. The molecule has 1 N–H and O–H groups in total. The molecule has 1 amide bonds. The van der Waals surface area contributed by atoms with E-state index in [-0.39, 0.29) is 5.69 Å². The Labute approximate surface area is 113 Å². The van der Waals surface area contributed by atoms with E-state index in [9.17, 15) is 23.7 Å². The number of carbonyl (C=O) groups excluding carboxylic acids is 1. The SMILES string of the molecule is CC1NC(c2cccc([N+](=O)[O-])c2)N(CC(F)F)C1=O. The first-order valence-corrected chi connectivity index (χ1v) is 5.99. The fourth-order valence-electron chi connectivity index (χ4n) is 2.20. The van der Waals surface area contributed by atoms with Crippen LogP contribution in [0.4, 0.5) is 14.5 Å². The third kappa shape index (κ3) is 2.74. The molecule has 2 unspecified atom stereocenters. The van der Waals surface area contributed by atoms with Crippen molar-refractivity contribution in [2.75, 3.05) is 6.54 Å². The molecule has 2 rings (SSSR count). The standard InChI is InChI=1S/C12H13F2N3O3/c1-7-12(18)16(6-10(13)14)11(15-7)8-3-2-4-9(5-8)17(19)20/h2-5,7,10-11,15H,6H2,1H3. The number of carbonyl (C=O) groups is 1. The lowest BCUT2D eigenvalue weighted by molar-refractivity contribution is -0.385. The van der Waals surface area contributed by atoms with Gasteiger partial charge in [0.2, 0.25) is 5.91 Å². The van der Waals surface area contributed by atoms with E-state index in [0.29, 0.717) is 5.56 Å². The zero-order chi connectivity index (χ0) is 14.9. The van der Waals surface area contributed by atoms with Crippen LogP contribution in [0.3, 0.4) is 0 Å². The molecule has 0 aliphatic carbocycles. The smallest absolute Gasteiger partial charge is 0.269 e. The van der Waals surface area contributed by atoms with Crippen LogP contribution in [0.1, 0.15) is 18.7 Å². The Morgan fingerprint density at radius 1 is 1.50 bits per heavy atom. The van der Waals surface area contributed by atoms with Crippen LogP contribution < -0.4 is 5.32 Å². The highest BCUT2D eigenvalue weighted by Crippen LogP contribution is 2.28. The number of amides is 1. The molecular weight excluding hydrogens is 272 g/mol. The highest BCUT2D eigenvalue weighted by molar-refractivity contribution is 5.84. The van der Waals surface area contributed by atoms with Gasteiger partial charge in [0, 0.05) is 12.1 Å². The summed E-state index contributed by atoms with van der Waals surface area (Å²) in [6.07, 6.45) is -3.43. The molecule has 108 valence electrons. The lowest BCUT2D eigenvalue weighted by atomic mass is 10.1. The molecule has 1 aliphatic rings. The minimum atomic E-state index is -2.66. The van der Waals surface area contributed by atoms with Crippen LogP contribution in [0.2, 0.25) is 0 Å². The second kappa shape index (κ2) is 5.49. The zero-order valence-electron chi connectivity index (χ0n) is 10.6. The molecule has 1 aromatic rings. The van der Waals surface area contributed by atoms with Crippen molar-refractivity contribution in [1.29, 1.82) is 0 Å². The number of nitrogens with one attached hydrogen (secondary N) is 1. The van der Waals surface area contributed by atoms with Crippen LogP contribution in [0.15, 0.2) is 24.3 Å². The summed E-state index contributed by atoms with van der Waals surface area (Å²) < 4.78 is 25.1. The van der Waals surface area contributed by atoms with Crippen LogP contribution in [-0.2, 0) is 4.79 Å². The van der Waals surface area contributed by atoms with E-state index in [1.165, 1.54) is 18.2 Å². The second-order valence-corrected chi connectivity index (χ2v) is 4.52. The molecule has 1 aromatic carbocycles. The van der Waals surface area contributed by atoms with Crippen LogP contribution >= 0.6 is 0 Å². The van der Waals surface area contributed by atoms with Crippen LogP contribution in [0, 0.1) is 10.1 Å². The predicted octanol–water partition coefficient (Wildman–Crippen LogP) is 1.68. The van der Waals surface area contributed by atoms with E-state index in [1.54, 1.807) is 13.0 Å². The van der Waals surface area contributed by atoms with E-state index < -0.39 is 36.0 Å². The maximum atomic E-state index is 12.6. The molecule has 0 radical (unpaired) electrons. The van der Waals surface area contributed by atoms with Crippen molar-refractivity contribution in [3.8, 4) is 0 Å². The normalized spacial score (nSPS) is 22.6. The van der Waals surface area contributed by atoms with E-state index >= 15 is 0 Å². The van der Waals surface area contributed by atoms with Gasteiger partial charge in [-0.2, -0.15) is 0 Å². The number of non-ortho nitro benzene ring substituents is 1. The quantitative estimate of drug-likeness (QED) is 0.674. The molecule has 1 saturated heterocycles. The van der Waals surface area contributed by atoms with E-state index in [0.717, 1.165) is 4.90 Å². The molecule has 20 heavy (non-hydrogen) atoms. The fraction of sp³-hybridized carbons (Fsp3) is 0.417. The molecule has 0 aromatic heterocycles. The first-order chi connectivity index (χ1) is 9.40. The summed E-state index contributed by atoms with van der Waals surface area (Å²) in [6, 6.07) is 5.01. The van der Waals surface area contributed by atoms with Crippen molar-refractivity contribution >= 4 is 11.6 Å². The van der Waals surface area contributed by atoms with Crippen molar-refractivity contribution < 1.29 is 18.5 Å². The summed E-state index contributed by atoms with van der Waals surface area (Å²) in [7, 11) is 0. The van der Waals surface area contributed by atoms with Gasteiger partial charge in [0.25, 0.3) is 12.1 Å². The highest BCUT2D eigenvalue weighted by Gasteiger charge is 2.38. The molecule has 2 atom stereocenters. The maximum Gasteiger partial charge on any atom is 0.269 e. The molecule has 0 saturated carbocycles. The number of benzene rings is 1. The number of rotatable bonds is 4. The second-order valence-electron chi connectivity index (χ2n) is 4.52. The number of hydrogen-bond acceptors (Lipinski definition) is 4. The molecule has 0 spiro atoms. The average Bonchev–Trinajstić information content (AvgIpc) is 2.66. The van der Waals surface area contributed by atoms with E-state index in [2.05, 4.69) is 5.32 Å². The number of nitro benzene ring substituents is 1. The van der Waals surface area contributed by atoms with E-state index in [4.69, 9.17) is 0 Å². The summed E-state index contributed by atoms with van der Waals surface area (Å²) in [4.78, 5) is 23.0. The lowest BCUT2D eigenvalue weighted by Gasteiger charge is -2.24. The van der Waals surface area contributed by atoms with Crippen molar-refractivity contribution in [1.82, 2.24) is 10.2 Å². The third-order valence-corrected chi connectivity index (χ3v) is 3.10. The number of hydrogen-bond donors (Lipinski definition) is 1. The van der Waals surface area contributed by atoms with Crippen molar-refractivity contribution in [2.24, 2.45) is 0 Å². The van der Waals surface area contributed by atoms with Gasteiger partial charge in [-0.15, -0.1) is 0 Å². The van der Waals surface area contributed by atoms with Gasteiger partial charge >= 0.3 is 0 Å². The van der Waals surface area contributed by atoms with Crippen molar-refractivity contribution in [3.63, 3.8) is 0 Å². The Hall–Kier alpha value is -2.09. The van der Waals surface area contributed by atoms with Gasteiger partial charge in [-0.25, -0.2) is 8.78 Å². The Morgan fingerprint density at radius 2 is 2.20 bits per heavy atom. The van der Waals surface area contributed by atoms with Crippen LogP contribution in [-0.4, -0.2) is 34.7 Å². The summed E-state index contributed by atoms with van der Waals surface area (Å²) >= 11 is 0. The van der Waals surface area contributed by atoms with E-state index in [1.807, 2.05) is 0 Å². The van der Waals surface area contributed by atoms with Crippen LogP contribution in [0.5, 0.6) is 0 Å². The average molecular weight is 285 g/mol. The highest BCUT2D eigenvalue weighted by atomic mass is 19.3. The monoisotopic (exact) mass is 285 g/mol.